The fourth-order valence-electron chi connectivity index (χ4n) is 3.72. The molecular formula is C37H34O8. The van der Waals surface area contributed by atoms with Crippen LogP contribution in [0.2, 0.25) is 0 Å². The van der Waals surface area contributed by atoms with Crippen LogP contribution >= 0.6 is 0 Å². The van der Waals surface area contributed by atoms with Crippen molar-refractivity contribution in [2.75, 3.05) is 0 Å². The van der Waals surface area contributed by atoms with Gasteiger partial charge < -0.3 is 40.9 Å². The second-order valence-electron chi connectivity index (χ2n) is 9.64. The molecule has 0 radical (unpaired) electrons. The number of hydrogen-bond donors (Lipinski definition) is 8. The first-order valence-electron chi connectivity index (χ1n) is 13.7. The summed E-state index contributed by atoms with van der Waals surface area (Å²) in [7, 11) is 0. The van der Waals surface area contributed by atoms with Crippen LogP contribution in [-0.4, -0.2) is 40.9 Å². The van der Waals surface area contributed by atoms with Gasteiger partial charge in [-0.3, -0.25) is 0 Å². The van der Waals surface area contributed by atoms with Crippen molar-refractivity contribution in [2.24, 2.45) is 0 Å². The van der Waals surface area contributed by atoms with Crippen LogP contribution in [0.5, 0.6) is 46.0 Å². The standard InChI is InChI=1S/C13H12O2.C12H10O2.2C6H6O2/c14-12-5-1-10(2-6-12)9-11-3-7-13(15)8-4-11;13-11-5-1-9(2-6-11)10-3-7-12(14)8-4-10;7-5-1-2-6(8)4-3-5;7-5-2-1-3-6(8)4-5/h1-8,14-15H,9H2;1-8,13-14H;2*1-4,7-8H. The van der Waals surface area contributed by atoms with Crippen molar-refractivity contribution in [3.8, 4) is 57.1 Å². The summed E-state index contributed by atoms with van der Waals surface area (Å²) < 4.78 is 0. The van der Waals surface area contributed by atoms with Crippen molar-refractivity contribution in [1.82, 2.24) is 0 Å². The molecule has 8 heteroatoms. The number of phenols is 8. The third kappa shape index (κ3) is 12.6. The first-order chi connectivity index (χ1) is 21.6. The Balaban J connectivity index is 0.000000170. The molecule has 0 bridgehead atoms. The summed E-state index contributed by atoms with van der Waals surface area (Å²) in [5.41, 5.74) is 4.31. The first kappa shape index (κ1) is 33.2. The Kier molecular flexibility index (Phi) is 12.5. The van der Waals surface area contributed by atoms with E-state index in [2.05, 4.69) is 0 Å². The predicted molar refractivity (Wildman–Crippen MR) is 174 cm³/mol. The highest BCUT2D eigenvalue weighted by molar-refractivity contribution is 5.64. The van der Waals surface area contributed by atoms with E-state index >= 15 is 0 Å². The van der Waals surface area contributed by atoms with Crippen LogP contribution in [0, 0.1) is 0 Å². The van der Waals surface area contributed by atoms with Gasteiger partial charge in [-0.15, -0.1) is 0 Å². The molecule has 0 fully saturated rings. The summed E-state index contributed by atoms with van der Waals surface area (Å²) >= 11 is 0. The van der Waals surface area contributed by atoms with Crippen molar-refractivity contribution in [3.05, 3.63) is 157 Å². The van der Waals surface area contributed by atoms with E-state index in [1.807, 2.05) is 48.5 Å². The average molecular weight is 607 g/mol. The van der Waals surface area contributed by atoms with Gasteiger partial charge in [-0.1, -0.05) is 54.6 Å². The molecule has 0 heterocycles. The Hall–Kier alpha value is -6.28. The maximum atomic E-state index is 9.13. The molecule has 0 aliphatic rings. The summed E-state index contributed by atoms with van der Waals surface area (Å²) in [5.74, 6) is 1.59. The third-order valence-corrected chi connectivity index (χ3v) is 6.03. The summed E-state index contributed by atoms with van der Waals surface area (Å²) in [6.45, 7) is 0. The van der Waals surface area contributed by atoms with E-state index in [4.69, 9.17) is 40.9 Å². The molecule has 0 unspecified atom stereocenters. The Morgan fingerprint density at radius 3 is 0.756 bits per heavy atom. The Morgan fingerprint density at radius 2 is 0.511 bits per heavy atom. The second kappa shape index (κ2) is 17.0. The lowest BCUT2D eigenvalue weighted by Gasteiger charge is -2.02. The molecule has 6 aromatic carbocycles. The van der Waals surface area contributed by atoms with Gasteiger partial charge in [0.05, 0.1) is 0 Å². The summed E-state index contributed by atoms with van der Waals surface area (Å²) in [6, 6.07) is 39.7. The molecule has 8 N–H and O–H groups in total. The van der Waals surface area contributed by atoms with Crippen molar-refractivity contribution in [3.63, 3.8) is 0 Å². The summed E-state index contributed by atoms with van der Waals surface area (Å²) in [6.07, 6.45) is 0.806. The van der Waals surface area contributed by atoms with E-state index in [1.165, 1.54) is 42.5 Å². The van der Waals surface area contributed by atoms with Crippen molar-refractivity contribution >= 4 is 0 Å². The van der Waals surface area contributed by atoms with Crippen LogP contribution in [0.4, 0.5) is 0 Å². The monoisotopic (exact) mass is 606 g/mol. The Bertz CT molecular complexity index is 1570. The lowest BCUT2D eigenvalue weighted by molar-refractivity contribution is 0.450. The smallest absolute Gasteiger partial charge is 0.119 e. The Morgan fingerprint density at radius 1 is 0.267 bits per heavy atom. The lowest BCUT2D eigenvalue weighted by atomic mass is 10.1. The third-order valence-electron chi connectivity index (χ3n) is 6.03. The average Bonchev–Trinajstić information content (AvgIpc) is 3.03. The van der Waals surface area contributed by atoms with E-state index in [0.29, 0.717) is 0 Å². The summed E-state index contributed by atoms with van der Waals surface area (Å²) in [5, 5.41) is 71.1. The molecule has 230 valence electrons. The number of phenolic OH excluding ortho intramolecular Hbond substituents is 8. The van der Waals surface area contributed by atoms with E-state index in [0.717, 1.165) is 28.7 Å². The molecule has 0 spiro atoms. The highest BCUT2D eigenvalue weighted by Gasteiger charge is 1.98. The highest BCUT2D eigenvalue weighted by atomic mass is 16.3. The van der Waals surface area contributed by atoms with Crippen molar-refractivity contribution < 1.29 is 40.9 Å². The van der Waals surface area contributed by atoms with Crippen LogP contribution in [0.25, 0.3) is 11.1 Å². The van der Waals surface area contributed by atoms with Crippen LogP contribution in [0.1, 0.15) is 11.1 Å². The normalized spacial score (nSPS) is 9.69. The van der Waals surface area contributed by atoms with Gasteiger partial charge in [0.15, 0.2) is 0 Å². The zero-order valence-corrected chi connectivity index (χ0v) is 24.1. The lowest BCUT2D eigenvalue weighted by Crippen LogP contribution is -1.86. The van der Waals surface area contributed by atoms with Gasteiger partial charge >= 0.3 is 0 Å². The zero-order chi connectivity index (χ0) is 32.6. The zero-order valence-electron chi connectivity index (χ0n) is 24.1. The minimum absolute atomic E-state index is 0.0880. The van der Waals surface area contributed by atoms with Gasteiger partial charge in [0, 0.05) is 6.07 Å². The molecule has 0 aliphatic heterocycles. The van der Waals surface area contributed by atoms with Gasteiger partial charge in [0.25, 0.3) is 0 Å². The molecule has 0 saturated carbocycles. The number of hydrogen-bond acceptors (Lipinski definition) is 8. The molecule has 6 rings (SSSR count). The molecule has 0 atom stereocenters. The highest BCUT2D eigenvalue weighted by Crippen LogP contribution is 2.23. The van der Waals surface area contributed by atoms with Crippen LogP contribution in [0.15, 0.2) is 146 Å². The predicted octanol–water partition coefficient (Wildman–Crippen LogP) is 7.65. The number of aromatic hydroxyl groups is 8. The largest absolute Gasteiger partial charge is 0.508 e. The molecule has 0 saturated heterocycles. The fourth-order valence-corrected chi connectivity index (χ4v) is 3.72. The van der Waals surface area contributed by atoms with Gasteiger partial charge in [-0.2, -0.15) is 0 Å². The molecule has 45 heavy (non-hydrogen) atoms. The Labute approximate surface area is 260 Å². The minimum atomic E-state index is 0.0880. The molecular weight excluding hydrogens is 572 g/mol. The second-order valence-corrected chi connectivity index (χ2v) is 9.64. The van der Waals surface area contributed by atoms with E-state index in [-0.39, 0.29) is 46.0 Å². The van der Waals surface area contributed by atoms with Gasteiger partial charge in [0.2, 0.25) is 0 Å². The van der Waals surface area contributed by atoms with E-state index in [9.17, 15) is 0 Å². The van der Waals surface area contributed by atoms with Crippen LogP contribution in [-0.2, 0) is 6.42 Å². The molecule has 6 aromatic rings. The topological polar surface area (TPSA) is 162 Å². The van der Waals surface area contributed by atoms with Crippen LogP contribution < -0.4 is 0 Å². The van der Waals surface area contributed by atoms with Crippen molar-refractivity contribution in [2.45, 2.75) is 6.42 Å². The van der Waals surface area contributed by atoms with E-state index in [1.54, 1.807) is 54.6 Å². The van der Waals surface area contributed by atoms with Gasteiger partial charge in [-0.25, -0.2) is 0 Å². The fraction of sp³-hybridized carbons (Fsp3) is 0.0270. The minimum Gasteiger partial charge on any atom is -0.508 e. The summed E-state index contributed by atoms with van der Waals surface area (Å²) in [4.78, 5) is 0. The molecule has 0 aliphatic carbocycles. The quantitative estimate of drug-likeness (QED) is 0.0953. The van der Waals surface area contributed by atoms with E-state index < -0.39 is 0 Å². The molecule has 8 nitrogen and oxygen atoms in total. The van der Waals surface area contributed by atoms with Crippen LogP contribution in [0.3, 0.4) is 0 Å². The molecule has 0 aromatic heterocycles. The van der Waals surface area contributed by atoms with Gasteiger partial charge in [0.1, 0.15) is 46.0 Å². The SMILES string of the molecule is Oc1ccc(-c2ccc(O)cc2)cc1.Oc1ccc(Cc2ccc(O)cc2)cc1.Oc1ccc(O)cc1.Oc1cccc(O)c1. The first-order valence-corrected chi connectivity index (χ1v) is 13.7. The van der Waals surface area contributed by atoms with Gasteiger partial charge in [-0.05, 0) is 114 Å². The van der Waals surface area contributed by atoms with Crippen molar-refractivity contribution in [1.29, 1.82) is 0 Å². The molecule has 0 amide bonds. The number of benzene rings is 6. The maximum absolute atomic E-state index is 9.13. The maximum Gasteiger partial charge on any atom is 0.119 e. The number of rotatable bonds is 3.